The van der Waals surface area contributed by atoms with Crippen LogP contribution in [0.15, 0.2) is 60.8 Å². The zero-order chi connectivity index (χ0) is 18.1. The maximum absolute atomic E-state index is 6.06. The van der Waals surface area contributed by atoms with Gasteiger partial charge in [0.05, 0.1) is 13.2 Å². The van der Waals surface area contributed by atoms with E-state index >= 15 is 0 Å². The Kier molecular flexibility index (Phi) is 4.55. The highest BCUT2D eigenvalue weighted by atomic mass is 31.1. The molecule has 0 saturated heterocycles. The van der Waals surface area contributed by atoms with E-state index in [2.05, 4.69) is 53.5 Å². The molecular weight excluding hydrogens is 353 g/mol. The Morgan fingerprint density at radius 1 is 0.778 bits per heavy atom. The lowest BCUT2D eigenvalue weighted by molar-refractivity contribution is 0.359. The Bertz CT molecular complexity index is 900. The topological polar surface area (TPSA) is 31.4 Å². The van der Waals surface area contributed by atoms with Gasteiger partial charge >= 0.3 is 0 Å². The molecule has 27 heavy (non-hydrogen) atoms. The third kappa shape index (κ3) is 3.21. The van der Waals surface area contributed by atoms with Crippen LogP contribution in [0.25, 0.3) is 0 Å². The van der Waals surface area contributed by atoms with Crippen molar-refractivity contribution in [1.82, 2.24) is 4.98 Å². The number of aromatic nitrogens is 1. The number of hydrogen-bond donors (Lipinski definition) is 0. The molecule has 0 radical (unpaired) electrons. The van der Waals surface area contributed by atoms with Crippen molar-refractivity contribution in [2.75, 3.05) is 19.4 Å². The zero-order valence-corrected chi connectivity index (χ0v) is 16.1. The summed E-state index contributed by atoms with van der Waals surface area (Å²) in [6.45, 7) is 1.58. The van der Waals surface area contributed by atoms with Crippen molar-refractivity contribution in [3.63, 3.8) is 0 Å². The summed E-state index contributed by atoms with van der Waals surface area (Å²) in [6, 6.07) is 19.4. The highest BCUT2D eigenvalue weighted by molar-refractivity contribution is 7.73. The average molecular weight is 375 g/mol. The van der Waals surface area contributed by atoms with Gasteiger partial charge in [0.1, 0.15) is 11.5 Å². The Morgan fingerprint density at radius 2 is 1.44 bits per heavy atom. The van der Waals surface area contributed by atoms with E-state index < -0.39 is 7.92 Å². The summed E-state index contributed by atoms with van der Waals surface area (Å²) < 4.78 is 12.1. The molecular formula is C23H22NO2P. The summed E-state index contributed by atoms with van der Waals surface area (Å²) in [4.78, 5) is 4.53. The average Bonchev–Trinajstić information content (AvgIpc) is 3.38. The molecule has 2 aromatic carbocycles. The number of benzene rings is 2. The van der Waals surface area contributed by atoms with Crippen LogP contribution >= 0.6 is 7.92 Å². The fraction of sp³-hybridized carbons (Fsp3) is 0.261. The van der Waals surface area contributed by atoms with Crippen LogP contribution < -0.4 is 20.1 Å². The molecule has 2 aliphatic heterocycles. The summed E-state index contributed by atoms with van der Waals surface area (Å²) in [5, 5.41) is 2.69. The maximum atomic E-state index is 6.06. The van der Waals surface area contributed by atoms with Crippen molar-refractivity contribution in [2.24, 2.45) is 0 Å². The predicted octanol–water partition coefficient (Wildman–Crippen LogP) is 3.63. The number of nitrogens with zero attached hydrogens (tertiary/aromatic N) is 1. The quantitative estimate of drug-likeness (QED) is 0.638. The first-order valence-corrected chi connectivity index (χ1v) is 11.1. The Labute approximate surface area is 161 Å². The first kappa shape index (κ1) is 16.8. The molecule has 3 nitrogen and oxygen atoms in total. The molecule has 5 rings (SSSR count). The summed E-state index contributed by atoms with van der Waals surface area (Å²) in [7, 11) is -0.570. The second-order valence-electron chi connectivity index (χ2n) is 6.95. The van der Waals surface area contributed by atoms with Crippen LogP contribution in [0.5, 0.6) is 11.5 Å². The van der Waals surface area contributed by atoms with Crippen molar-refractivity contribution < 1.29 is 9.47 Å². The number of ether oxygens (including phenoxy) is 2. The Hall–Kier alpha value is -2.38. The highest BCUT2D eigenvalue weighted by Crippen LogP contribution is 2.44. The molecule has 2 aliphatic rings. The van der Waals surface area contributed by atoms with Crippen molar-refractivity contribution >= 4 is 18.5 Å². The summed E-state index contributed by atoms with van der Waals surface area (Å²) in [5.41, 5.74) is 3.82. The van der Waals surface area contributed by atoms with E-state index in [9.17, 15) is 0 Å². The third-order valence-corrected chi connectivity index (χ3v) is 7.82. The minimum Gasteiger partial charge on any atom is -0.492 e. The molecule has 0 fully saturated rings. The fourth-order valence-corrected chi connectivity index (χ4v) is 6.60. The molecule has 136 valence electrons. The maximum Gasteiger partial charge on any atom is 0.130 e. The van der Waals surface area contributed by atoms with E-state index in [1.165, 1.54) is 21.7 Å². The van der Waals surface area contributed by atoms with Gasteiger partial charge < -0.3 is 9.47 Å². The number of hydrogen-bond acceptors (Lipinski definition) is 3. The van der Waals surface area contributed by atoms with Gasteiger partial charge in [-0.2, -0.15) is 0 Å². The van der Waals surface area contributed by atoms with Gasteiger partial charge in [-0.1, -0.05) is 42.5 Å². The van der Waals surface area contributed by atoms with Crippen molar-refractivity contribution in [3.8, 4) is 11.5 Å². The lowest BCUT2D eigenvalue weighted by Crippen LogP contribution is -2.19. The fourth-order valence-electron chi connectivity index (χ4n) is 3.96. The monoisotopic (exact) mass is 375 g/mol. The van der Waals surface area contributed by atoms with Gasteiger partial charge in [-0.25, -0.2) is 0 Å². The molecule has 3 heterocycles. The van der Waals surface area contributed by atoms with Gasteiger partial charge in [-0.3, -0.25) is 4.98 Å². The summed E-state index contributed by atoms with van der Waals surface area (Å²) in [5.74, 6) is 2.22. The van der Waals surface area contributed by atoms with Crippen LogP contribution in [0.4, 0.5) is 0 Å². The second kappa shape index (κ2) is 7.32. The standard InChI is InChI=1S/C23H22NO2P/c1-2-13-24-19(7-1)12-16-27(20-8-3-5-17-10-14-25-22(17)20)21-9-4-6-18-11-15-26-23(18)21/h1-9,13H,10-12,14-16H2. The van der Waals surface area contributed by atoms with Crippen LogP contribution in [-0.4, -0.2) is 24.4 Å². The Balaban J connectivity index is 1.56. The van der Waals surface area contributed by atoms with E-state index in [-0.39, 0.29) is 0 Å². The predicted molar refractivity (Wildman–Crippen MR) is 110 cm³/mol. The molecule has 1 aromatic heterocycles. The van der Waals surface area contributed by atoms with Gasteiger partial charge in [-0.15, -0.1) is 0 Å². The number of aryl methyl sites for hydroxylation is 1. The molecule has 0 N–H and O–H groups in total. The van der Waals surface area contributed by atoms with Crippen LogP contribution in [-0.2, 0) is 19.3 Å². The molecule has 3 aromatic rings. The van der Waals surface area contributed by atoms with Crippen LogP contribution in [0.1, 0.15) is 16.8 Å². The van der Waals surface area contributed by atoms with Crippen molar-refractivity contribution in [3.05, 3.63) is 77.6 Å². The van der Waals surface area contributed by atoms with Gasteiger partial charge in [0.2, 0.25) is 0 Å². The van der Waals surface area contributed by atoms with Gasteiger partial charge in [0.25, 0.3) is 0 Å². The van der Waals surface area contributed by atoms with Crippen LogP contribution in [0.2, 0.25) is 0 Å². The molecule has 0 unspecified atom stereocenters. The largest absolute Gasteiger partial charge is 0.492 e. The summed E-state index contributed by atoms with van der Waals surface area (Å²) >= 11 is 0. The lowest BCUT2D eigenvalue weighted by atomic mass is 10.2. The molecule has 0 aliphatic carbocycles. The normalized spacial score (nSPS) is 14.6. The van der Waals surface area contributed by atoms with Gasteiger partial charge in [0.15, 0.2) is 0 Å². The first-order chi connectivity index (χ1) is 13.4. The number of pyridine rings is 1. The molecule has 0 amide bonds. The number of para-hydroxylation sites is 2. The van der Waals surface area contributed by atoms with E-state index in [1.807, 2.05) is 12.3 Å². The van der Waals surface area contributed by atoms with Gasteiger partial charge in [0, 0.05) is 35.3 Å². The van der Waals surface area contributed by atoms with E-state index in [4.69, 9.17) is 9.47 Å². The second-order valence-corrected chi connectivity index (χ2v) is 9.22. The SMILES string of the molecule is c1ccc(CCP(c2cccc3c2OCC3)c2cccc3c2OCC3)nc1. The minimum absolute atomic E-state index is 0.570. The number of rotatable bonds is 5. The lowest BCUT2D eigenvalue weighted by Gasteiger charge is -2.22. The first-order valence-electron chi connectivity index (χ1n) is 9.57. The van der Waals surface area contributed by atoms with Gasteiger partial charge in [-0.05, 0) is 43.8 Å². The van der Waals surface area contributed by atoms with E-state index in [1.54, 1.807) is 0 Å². The van der Waals surface area contributed by atoms with Crippen molar-refractivity contribution in [2.45, 2.75) is 19.3 Å². The third-order valence-electron chi connectivity index (χ3n) is 5.29. The molecule has 0 saturated carbocycles. The van der Waals surface area contributed by atoms with Crippen LogP contribution in [0.3, 0.4) is 0 Å². The molecule has 0 bridgehead atoms. The molecule has 4 heteroatoms. The van der Waals surface area contributed by atoms with Crippen LogP contribution in [0, 0.1) is 0 Å². The van der Waals surface area contributed by atoms with E-state index in [0.29, 0.717) is 0 Å². The summed E-state index contributed by atoms with van der Waals surface area (Å²) in [6.07, 6.45) is 5.90. The minimum atomic E-state index is -0.570. The molecule has 0 spiro atoms. The van der Waals surface area contributed by atoms with E-state index in [0.717, 1.165) is 55.8 Å². The Morgan fingerprint density at radius 3 is 2.04 bits per heavy atom. The van der Waals surface area contributed by atoms with Crippen molar-refractivity contribution in [1.29, 1.82) is 0 Å². The number of fused-ring (bicyclic) bond motifs is 2. The molecule has 0 atom stereocenters. The smallest absolute Gasteiger partial charge is 0.130 e. The zero-order valence-electron chi connectivity index (χ0n) is 15.2. The highest BCUT2D eigenvalue weighted by Gasteiger charge is 2.27.